The van der Waals surface area contributed by atoms with Gasteiger partial charge in [-0.05, 0) is 6.07 Å². The lowest BCUT2D eigenvalue weighted by Crippen LogP contribution is -2.36. The molecule has 0 heterocycles. The van der Waals surface area contributed by atoms with Crippen LogP contribution in [-0.4, -0.2) is 29.2 Å². The first-order valence-electron chi connectivity index (χ1n) is 5.04. The molecular weight excluding hydrogens is 297 g/mol. The van der Waals surface area contributed by atoms with E-state index < -0.39 is 16.7 Å². The number of nitrogens with zero attached hydrogens (tertiary/aromatic N) is 1. The molecule has 0 atom stereocenters. The van der Waals surface area contributed by atoms with Gasteiger partial charge in [0.15, 0.2) is 0 Å². The van der Waals surface area contributed by atoms with Crippen molar-refractivity contribution in [2.24, 2.45) is 0 Å². The molecule has 9 heteroatoms. The topological polar surface area (TPSA) is 101 Å². The molecule has 0 saturated carbocycles. The molecule has 0 spiro atoms. The van der Waals surface area contributed by atoms with E-state index in [9.17, 15) is 19.7 Å². The van der Waals surface area contributed by atoms with E-state index in [0.29, 0.717) is 0 Å². The Morgan fingerprint density at radius 1 is 1.32 bits per heavy atom. The smallest absolute Gasteiger partial charge is 0.313 e. The third kappa shape index (κ3) is 4.38. The van der Waals surface area contributed by atoms with Crippen molar-refractivity contribution < 1.29 is 14.5 Å². The maximum absolute atomic E-state index is 11.5. The predicted molar refractivity (Wildman–Crippen MR) is 70.5 cm³/mol. The van der Waals surface area contributed by atoms with Gasteiger partial charge in [0.1, 0.15) is 0 Å². The number of nitrogens with one attached hydrogen (secondary N) is 2. The molecule has 102 valence electrons. The van der Waals surface area contributed by atoms with Crippen molar-refractivity contribution in [1.82, 2.24) is 5.32 Å². The van der Waals surface area contributed by atoms with Crippen LogP contribution in [0.25, 0.3) is 0 Å². The van der Waals surface area contributed by atoms with Crippen LogP contribution in [0.3, 0.4) is 0 Å². The highest BCUT2D eigenvalue weighted by Gasteiger charge is 2.16. The molecule has 0 bridgehead atoms. The third-order valence-electron chi connectivity index (χ3n) is 2.00. The number of nitro groups is 1. The summed E-state index contributed by atoms with van der Waals surface area (Å²) in [4.78, 5) is 32.7. The molecule has 2 amide bonds. The average Bonchev–Trinajstić information content (AvgIpc) is 2.38. The van der Waals surface area contributed by atoms with Gasteiger partial charge in [-0.2, -0.15) is 0 Å². The van der Waals surface area contributed by atoms with Crippen LogP contribution in [0.2, 0.25) is 5.02 Å². The van der Waals surface area contributed by atoms with Crippen LogP contribution in [0.4, 0.5) is 11.4 Å². The second kappa shape index (κ2) is 6.91. The quantitative estimate of drug-likeness (QED) is 0.381. The van der Waals surface area contributed by atoms with Crippen LogP contribution < -0.4 is 10.6 Å². The SMILES string of the molecule is O=C(NCCCl)C(=O)Nc1cc([N+](=O)[O-])ccc1Cl. The molecule has 0 aromatic heterocycles. The van der Waals surface area contributed by atoms with Crippen LogP contribution >= 0.6 is 23.2 Å². The summed E-state index contributed by atoms with van der Waals surface area (Å²) in [5.74, 6) is -1.72. The number of non-ortho nitro benzene ring substituents is 1. The number of hydrogen-bond acceptors (Lipinski definition) is 4. The number of carbonyl (C=O) groups is 2. The summed E-state index contributed by atoms with van der Waals surface area (Å²) in [6.45, 7) is 0.135. The number of anilines is 1. The van der Waals surface area contributed by atoms with Crippen LogP contribution in [-0.2, 0) is 9.59 Å². The van der Waals surface area contributed by atoms with Crippen molar-refractivity contribution >= 4 is 46.4 Å². The van der Waals surface area contributed by atoms with E-state index in [-0.39, 0.29) is 28.8 Å². The lowest BCUT2D eigenvalue weighted by atomic mass is 10.2. The highest BCUT2D eigenvalue weighted by Crippen LogP contribution is 2.26. The molecule has 0 aliphatic heterocycles. The molecule has 0 fully saturated rings. The van der Waals surface area contributed by atoms with Gasteiger partial charge in [-0.25, -0.2) is 0 Å². The minimum Gasteiger partial charge on any atom is -0.347 e. The van der Waals surface area contributed by atoms with Gasteiger partial charge in [0.25, 0.3) is 5.69 Å². The first kappa shape index (κ1) is 15.2. The number of carbonyl (C=O) groups excluding carboxylic acids is 2. The molecule has 0 unspecified atom stereocenters. The van der Waals surface area contributed by atoms with Gasteiger partial charge in [-0.1, -0.05) is 11.6 Å². The number of amides is 2. The highest BCUT2D eigenvalue weighted by molar-refractivity contribution is 6.41. The number of alkyl halides is 1. The van der Waals surface area contributed by atoms with Crippen molar-refractivity contribution in [3.05, 3.63) is 33.3 Å². The summed E-state index contributed by atoms with van der Waals surface area (Å²) in [7, 11) is 0. The van der Waals surface area contributed by atoms with E-state index in [1.54, 1.807) is 0 Å². The van der Waals surface area contributed by atoms with E-state index in [1.807, 2.05) is 0 Å². The van der Waals surface area contributed by atoms with Crippen molar-refractivity contribution in [2.75, 3.05) is 17.7 Å². The van der Waals surface area contributed by atoms with E-state index in [2.05, 4.69) is 10.6 Å². The molecule has 1 rings (SSSR count). The van der Waals surface area contributed by atoms with Crippen molar-refractivity contribution in [2.45, 2.75) is 0 Å². The monoisotopic (exact) mass is 305 g/mol. The van der Waals surface area contributed by atoms with Crippen LogP contribution in [0.15, 0.2) is 18.2 Å². The Morgan fingerprint density at radius 3 is 2.58 bits per heavy atom. The molecule has 0 radical (unpaired) electrons. The molecule has 0 aliphatic rings. The van der Waals surface area contributed by atoms with E-state index in [4.69, 9.17) is 23.2 Å². The predicted octanol–water partition coefficient (Wildman–Crippen LogP) is 1.54. The van der Waals surface area contributed by atoms with E-state index in [0.717, 1.165) is 6.07 Å². The minimum atomic E-state index is -0.979. The second-order valence-corrected chi connectivity index (χ2v) is 4.11. The molecular formula is C10H9Cl2N3O4. The van der Waals surface area contributed by atoms with Gasteiger partial charge >= 0.3 is 11.8 Å². The highest BCUT2D eigenvalue weighted by atomic mass is 35.5. The minimum absolute atomic E-state index is 0.0121. The van der Waals surface area contributed by atoms with Crippen molar-refractivity contribution in [3.8, 4) is 0 Å². The fourth-order valence-corrected chi connectivity index (χ4v) is 1.40. The number of benzene rings is 1. The molecule has 7 nitrogen and oxygen atoms in total. The standard InChI is InChI=1S/C10H9Cl2N3O4/c11-3-4-13-9(16)10(17)14-8-5-6(15(18)19)1-2-7(8)12/h1-2,5H,3-4H2,(H,13,16)(H,14,17). The summed E-state index contributed by atoms with van der Waals surface area (Å²) >= 11 is 11.1. The Morgan fingerprint density at radius 2 is 2.00 bits per heavy atom. The second-order valence-electron chi connectivity index (χ2n) is 3.32. The van der Waals surface area contributed by atoms with Gasteiger partial charge in [0, 0.05) is 24.6 Å². The Bertz CT molecular complexity index is 521. The fraction of sp³-hybridized carbons (Fsp3) is 0.200. The zero-order valence-corrected chi connectivity index (χ0v) is 11.0. The first-order valence-corrected chi connectivity index (χ1v) is 5.96. The van der Waals surface area contributed by atoms with Gasteiger partial charge in [-0.3, -0.25) is 19.7 Å². The van der Waals surface area contributed by atoms with Gasteiger partial charge in [0.05, 0.1) is 15.6 Å². The summed E-state index contributed by atoms with van der Waals surface area (Å²) in [6.07, 6.45) is 0. The van der Waals surface area contributed by atoms with E-state index >= 15 is 0 Å². The Balaban J connectivity index is 2.81. The van der Waals surface area contributed by atoms with Crippen molar-refractivity contribution in [1.29, 1.82) is 0 Å². The Kier molecular flexibility index (Phi) is 5.53. The Labute approximate surface area is 118 Å². The fourth-order valence-electron chi connectivity index (χ4n) is 1.14. The summed E-state index contributed by atoms with van der Waals surface area (Å²) < 4.78 is 0. The molecule has 19 heavy (non-hydrogen) atoms. The molecule has 0 saturated heterocycles. The lowest BCUT2D eigenvalue weighted by molar-refractivity contribution is -0.384. The third-order valence-corrected chi connectivity index (χ3v) is 2.51. The Hall–Kier alpha value is -1.86. The van der Waals surface area contributed by atoms with Gasteiger partial charge < -0.3 is 10.6 Å². The normalized spacial score (nSPS) is 9.79. The summed E-state index contributed by atoms with van der Waals surface area (Å²) in [6, 6.07) is 3.51. The number of hydrogen-bond donors (Lipinski definition) is 2. The van der Waals surface area contributed by atoms with Crippen molar-refractivity contribution in [3.63, 3.8) is 0 Å². The molecule has 1 aromatic carbocycles. The number of rotatable bonds is 4. The first-order chi connectivity index (χ1) is 8.95. The molecule has 0 aliphatic carbocycles. The largest absolute Gasteiger partial charge is 0.347 e. The van der Waals surface area contributed by atoms with Crippen LogP contribution in [0.5, 0.6) is 0 Å². The zero-order valence-electron chi connectivity index (χ0n) is 9.48. The number of nitro benzene ring substituents is 1. The maximum atomic E-state index is 11.5. The van der Waals surface area contributed by atoms with Gasteiger partial charge in [0.2, 0.25) is 0 Å². The average molecular weight is 306 g/mol. The van der Waals surface area contributed by atoms with Crippen LogP contribution in [0.1, 0.15) is 0 Å². The summed E-state index contributed by atoms with van der Waals surface area (Å²) in [5.41, 5.74) is -0.261. The van der Waals surface area contributed by atoms with Gasteiger partial charge in [-0.15, -0.1) is 11.6 Å². The molecule has 2 N–H and O–H groups in total. The van der Waals surface area contributed by atoms with E-state index in [1.165, 1.54) is 12.1 Å². The maximum Gasteiger partial charge on any atom is 0.313 e. The number of halogens is 2. The lowest BCUT2D eigenvalue weighted by Gasteiger charge is -2.06. The molecule has 1 aromatic rings. The summed E-state index contributed by atoms with van der Waals surface area (Å²) in [5, 5.41) is 15.1. The zero-order chi connectivity index (χ0) is 14.4. The van der Waals surface area contributed by atoms with Crippen LogP contribution in [0, 0.1) is 10.1 Å².